The fraction of sp³-hybridized carbons (Fsp3) is 0.321. The minimum absolute atomic E-state index is 0.127. The summed E-state index contributed by atoms with van der Waals surface area (Å²) in [6.45, 7) is 2.27. The van der Waals surface area contributed by atoms with Gasteiger partial charge in [-0.05, 0) is 67.4 Å². The molecular formula is C28H29ClF3N3O3S. The molecule has 39 heavy (non-hydrogen) atoms. The van der Waals surface area contributed by atoms with Gasteiger partial charge in [0.15, 0.2) is 0 Å². The molecule has 0 aliphatic carbocycles. The Morgan fingerprint density at radius 2 is 1.62 bits per heavy atom. The molecule has 0 atom stereocenters. The Hall–Kier alpha value is -3.08. The van der Waals surface area contributed by atoms with E-state index in [9.17, 15) is 26.4 Å². The van der Waals surface area contributed by atoms with E-state index >= 15 is 0 Å². The highest BCUT2D eigenvalue weighted by Crippen LogP contribution is 2.37. The van der Waals surface area contributed by atoms with E-state index in [1.54, 1.807) is 6.07 Å². The Balaban J connectivity index is 1.54. The van der Waals surface area contributed by atoms with Crippen molar-refractivity contribution in [3.63, 3.8) is 0 Å². The lowest BCUT2D eigenvalue weighted by atomic mass is 10.1. The molecule has 1 aliphatic heterocycles. The summed E-state index contributed by atoms with van der Waals surface area (Å²) >= 11 is 6.18. The molecule has 1 N–H and O–H groups in total. The van der Waals surface area contributed by atoms with E-state index in [0.717, 1.165) is 42.9 Å². The van der Waals surface area contributed by atoms with E-state index in [1.807, 2.05) is 24.3 Å². The zero-order valence-electron chi connectivity index (χ0n) is 21.1. The number of halogens is 4. The van der Waals surface area contributed by atoms with E-state index in [4.69, 9.17) is 11.6 Å². The monoisotopic (exact) mass is 579 g/mol. The molecule has 0 bridgehead atoms. The van der Waals surface area contributed by atoms with Crippen LogP contribution in [0.3, 0.4) is 0 Å². The molecule has 208 valence electrons. The van der Waals surface area contributed by atoms with E-state index < -0.39 is 39.9 Å². The molecule has 11 heteroatoms. The number of piperidine rings is 1. The molecule has 1 fully saturated rings. The first-order valence-electron chi connectivity index (χ1n) is 12.6. The van der Waals surface area contributed by atoms with Gasteiger partial charge in [0.1, 0.15) is 6.54 Å². The maximum absolute atomic E-state index is 13.5. The number of likely N-dealkylation sites (tertiary alicyclic amines) is 1. The van der Waals surface area contributed by atoms with Gasteiger partial charge < -0.3 is 5.32 Å². The van der Waals surface area contributed by atoms with Crippen LogP contribution in [0.2, 0.25) is 5.02 Å². The Bertz CT molecular complexity index is 1400. The molecule has 1 heterocycles. The van der Waals surface area contributed by atoms with Crippen LogP contribution in [0.25, 0.3) is 0 Å². The van der Waals surface area contributed by atoms with Gasteiger partial charge in [0, 0.05) is 13.1 Å². The van der Waals surface area contributed by atoms with Gasteiger partial charge in [0.05, 0.1) is 21.2 Å². The maximum atomic E-state index is 13.5. The standard InChI is InChI=1S/C28H29ClF3N3O3S/c29-25-13-12-23(28(30,31)32)17-26(25)35(39(37,38)24-10-3-1-4-11-24)20-27(36)33-18-21-8-7-9-22(16-21)19-34-14-5-2-6-15-34/h1,3-4,7-13,16-17H,2,5-6,14-15,18-20H2,(H,33,36). The molecule has 3 aromatic carbocycles. The van der Waals surface area contributed by atoms with Gasteiger partial charge in [0.25, 0.3) is 10.0 Å². The summed E-state index contributed by atoms with van der Waals surface area (Å²) in [5.74, 6) is -0.690. The van der Waals surface area contributed by atoms with Gasteiger partial charge in [-0.25, -0.2) is 8.42 Å². The largest absolute Gasteiger partial charge is 0.416 e. The third kappa shape index (κ3) is 7.52. The number of alkyl halides is 3. The summed E-state index contributed by atoms with van der Waals surface area (Å²) in [6, 6.07) is 17.3. The van der Waals surface area contributed by atoms with Crippen molar-refractivity contribution >= 4 is 33.2 Å². The molecule has 0 aromatic heterocycles. The molecule has 3 aromatic rings. The Morgan fingerprint density at radius 1 is 0.923 bits per heavy atom. The highest BCUT2D eigenvalue weighted by Gasteiger charge is 2.34. The van der Waals surface area contributed by atoms with Gasteiger partial charge in [-0.3, -0.25) is 14.0 Å². The summed E-state index contributed by atoms with van der Waals surface area (Å²) < 4.78 is 67.9. The molecule has 0 spiro atoms. The van der Waals surface area contributed by atoms with Crippen molar-refractivity contribution in [2.45, 2.75) is 43.4 Å². The lowest BCUT2D eigenvalue weighted by molar-refractivity contribution is -0.137. The fourth-order valence-electron chi connectivity index (χ4n) is 4.50. The SMILES string of the molecule is O=C(CN(c1cc(C(F)(F)F)ccc1Cl)S(=O)(=O)c1ccccc1)NCc1cccc(CN2CCCCC2)c1. The third-order valence-corrected chi connectivity index (χ3v) is 8.59. The van der Waals surface area contributed by atoms with Crippen LogP contribution < -0.4 is 9.62 Å². The van der Waals surface area contributed by atoms with Crippen LogP contribution in [-0.2, 0) is 34.1 Å². The average molecular weight is 580 g/mol. The first kappa shape index (κ1) is 28.9. The minimum Gasteiger partial charge on any atom is -0.350 e. The third-order valence-electron chi connectivity index (χ3n) is 6.50. The number of carbonyl (C=O) groups is 1. The average Bonchev–Trinajstić information content (AvgIpc) is 2.91. The first-order valence-corrected chi connectivity index (χ1v) is 14.4. The number of anilines is 1. The predicted molar refractivity (Wildman–Crippen MR) is 145 cm³/mol. The molecule has 4 rings (SSSR count). The van der Waals surface area contributed by atoms with Gasteiger partial charge in [-0.1, -0.05) is 60.5 Å². The quantitative estimate of drug-likeness (QED) is 0.345. The number of hydrogen-bond acceptors (Lipinski definition) is 4. The van der Waals surface area contributed by atoms with Crippen LogP contribution >= 0.6 is 11.6 Å². The molecule has 6 nitrogen and oxygen atoms in total. The molecule has 1 saturated heterocycles. The van der Waals surface area contributed by atoms with Crippen LogP contribution in [0, 0.1) is 0 Å². The van der Waals surface area contributed by atoms with E-state index in [1.165, 1.54) is 43.5 Å². The Labute approximate surface area is 231 Å². The van der Waals surface area contributed by atoms with Crippen molar-refractivity contribution in [2.24, 2.45) is 0 Å². The van der Waals surface area contributed by atoms with Crippen LogP contribution in [0.4, 0.5) is 18.9 Å². The van der Waals surface area contributed by atoms with Gasteiger partial charge in [-0.2, -0.15) is 13.2 Å². The second-order valence-electron chi connectivity index (χ2n) is 9.42. The fourth-order valence-corrected chi connectivity index (χ4v) is 6.22. The highest BCUT2D eigenvalue weighted by atomic mass is 35.5. The summed E-state index contributed by atoms with van der Waals surface area (Å²) in [6.07, 6.45) is -1.14. The van der Waals surface area contributed by atoms with E-state index in [-0.39, 0.29) is 16.5 Å². The minimum atomic E-state index is -4.73. The topological polar surface area (TPSA) is 69.7 Å². The Morgan fingerprint density at radius 3 is 2.31 bits per heavy atom. The summed E-state index contributed by atoms with van der Waals surface area (Å²) in [5.41, 5.74) is 0.412. The maximum Gasteiger partial charge on any atom is 0.416 e. The number of rotatable bonds is 9. The number of amides is 1. The number of carbonyl (C=O) groups excluding carboxylic acids is 1. The zero-order valence-corrected chi connectivity index (χ0v) is 22.7. The molecule has 1 aliphatic rings. The predicted octanol–water partition coefficient (Wildman–Crippen LogP) is 5.86. The lowest BCUT2D eigenvalue weighted by Gasteiger charge is -2.26. The number of nitrogens with zero attached hydrogens (tertiary/aromatic N) is 2. The van der Waals surface area contributed by atoms with Gasteiger partial charge in [-0.15, -0.1) is 0 Å². The molecular weight excluding hydrogens is 551 g/mol. The lowest BCUT2D eigenvalue weighted by Crippen LogP contribution is -2.41. The number of sulfonamides is 1. The summed E-state index contributed by atoms with van der Waals surface area (Å²) in [7, 11) is -4.42. The van der Waals surface area contributed by atoms with Crippen molar-refractivity contribution in [3.05, 3.63) is 94.5 Å². The van der Waals surface area contributed by atoms with Crippen molar-refractivity contribution in [3.8, 4) is 0 Å². The first-order chi connectivity index (χ1) is 18.5. The number of nitrogens with one attached hydrogen (secondary N) is 1. The summed E-state index contributed by atoms with van der Waals surface area (Å²) in [5, 5.41) is 2.46. The van der Waals surface area contributed by atoms with Crippen molar-refractivity contribution < 1.29 is 26.4 Å². The van der Waals surface area contributed by atoms with E-state index in [2.05, 4.69) is 10.2 Å². The van der Waals surface area contributed by atoms with Gasteiger partial charge >= 0.3 is 6.18 Å². The van der Waals surface area contributed by atoms with Gasteiger partial charge in [0.2, 0.25) is 5.91 Å². The summed E-state index contributed by atoms with van der Waals surface area (Å²) in [4.78, 5) is 15.2. The van der Waals surface area contributed by atoms with E-state index in [0.29, 0.717) is 10.4 Å². The Kier molecular flexibility index (Phi) is 9.19. The molecule has 0 unspecified atom stereocenters. The highest BCUT2D eigenvalue weighted by molar-refractivity contribution is 7.92. The normalized spacial score (nSPS) is 14.7. The smallest absolute Gasteiger partial charge is 0.350 e. The van der Waals surface area contributed by atoms with Crippen molar-refractivity contribution in [2.75, 3.05) is 23.9 Å². The second-order valence-corrected chi connectivity index (χ2v) is 11.7. The van der Waals surface area contributed by atoms with Crippen molar-refractivity contribution in [1.29, 1.82) is 0 Å². The van der Waals surface area contributed by atoms with Crippen molar-refractivity contribution in [1.82, 2.24) is 10.2 Å². The zero-order chi connectivity index (χ0) is 28.0. The second kappa shape index (κ2) is 12.4. The number of hydrogen-bond donors (Lipinski definition) is 1. The van der Waals surface area contributed by atoms with Crippen LogP contribution in [-0.4, -0.2) is 38.9 Å². The molecule has 0 radical (unpaired) electrons. The molecule has 1 amide bonds. The van der Waals surface area contributed by atoms with Crippen LogP contribution in [0.5, 0.6) is 0 Å². The molecule has 0 saturated carbocycles. The number of benzene rings is 3. The van der Waals surface area contributed by atoms with Crippen LogP contribution in [0.15, 0.2) is 77.7 Å². The van der Waals surface area contributed by atoms with Crippen LogP contribution in [0.1, 0.15) is 36.0 Å².